The number of nitrogens with zero attached hydrogens (tertiary/aromatic N) is 1. The predicted molar refractivity (Wildman–Crippen MR) is 64.0 cm³/mol. The molecule has 0 atom stereocenters. The Labute approximate surface area is 99.2 Å². The van der Waals surface area contributed by atoms with Crippen molar-refractivity contribution >= 4 is 17.5 Å². The summed E-state index contributed by atoms with van der Waals surface area (Å²) in [6.07, 6.45) is 0.748. The van der Waals surface area contributed by atoms with Crippen molar-refractivity contribution in [1.82, 2.24) is 9.88 Å². The van der Waals surface area contributed by atoms with Crippen LogP contribution >= 0.6 is 11.6 Å². The lowest BCUT2D eigenvalue weighted by Gasteiger charge is -2.19. The molecule has 1 rings (SSSR count). The van der Waals surface area contributed by atoms with Gasteiger partial charge in [-0.2, -0.15) is 0 Å². The SMILES string of the molecule is CCN(CCCCl)C(=O)c1cccc(=O)[nH]1. The Morgan fingerprint density at radius 3 is 2.81 bits per heavy atom. The van der Waals surface area contributed by atoms with E-state index in [0.29, 0.717) is 24.7 Å². The van der Waals surface area contributed by atoms with E-state index in [0.717, 1.165) is 6.42 Å². The topological polar surface area (TPSA) is 53.2 Å². The van der Waals surface area contributed by atoms with Crippen LogP contribution < -0.4 is 5.56 Å². The third-order valence-electron chi connectivity index (χ3n) is 2.23. The number of aromatic amines is 1. The number of carbonyl (C=O) groups is 1. The maximum atomic E-state index is 11.9. The van der Waals surface area contributed by atoms with E-state index in [1.807, 2.05) is 6.92 Å². The van der Waals surface area contributed by atoms with Crippen molar-refractivity contribution in [3.63, 3.8) is 0 Å². The zero-order valence-corrected chi connectivity index (χ0v) is 9.96. The number of halogens is 1. The van der Waals surface area contributed by atoms with E-state index in [1.165, 1.54) is 6.07 Å². The van der Waals surface area contributed by atoms with Crippen molar-refractivity contribution < 1.29 is 4.79 Å². The van der Waals surface area contributed by atoms with Crippen molar-refractivity contribution in [3.05, 3.63) is 34.2 Å². The summed E-state index contributed by atoms with van der Waals surface area (Å²) < 4.78 is 0. The maximum Gasteiger partial charge on any atom is 0.270 e. The summed E-state index contributed by atoms with van der Waals surface area (Å²) in [5, 5.41) is 0. The van der Waals surface area contributed by atoms with Gasteiger partial charge in [0.15, 0.2) is 0 Å². The quantitative estimate of drug-likeness (QED) is 0.795. The van der Waals surface area contributed by atoms with Gasteiger partial charge in [0.2, 0.25) is 5.56 Å². The highest BCUT2D eigenvalue weighted by molar-refractivity contribution is 6.17. The molecule has 16 heavy (non-hydrogen) atoms. The number of hydrogen-bond acceptors (Lipinski definition) is 2. The second kappa shape index (κ2) is 6.33. The van der Waals surface area contributed by atoms with Gasteiger partial charge in [0.25, 0.3) is 5.91 Å². The van der Waals surface area contributed by atoms with Gasteiger partial charge in [-0.15, -0.1) is 11.6 Å². The smallest absolute Gasteiger partial charge is 0.270 e. The highest BCUT2D eigenvalue weighted by atomic mass is 35.5. The number of alkyl halides is 1. The summed E-state index contributed by atoms with van der Waals surface area (Å²) in [7, 11) is 0. The fraction of sp³-hybridized carbons (Fsp3) is 0.455. The molecule has 0 saturated heterocycles. The van der Waals surface area contributed by atoms with Gasteiger partial charge in [-0.05, 0) is 19.4 Å². The zero-order valence-electron chi connectivity index (χ0n) is 9.20. The molecule has 4 nitrogen and oxygen atoms in total. The normalized spacial score (nSPS) is 10.1. The Kier molecular flexibility index (Phi) is 5.05. The second-order valence-corrected chi connectivity index (χ2v) is 3.73. The molecule has 0 aliphatic rings. The van der Waals surface area contributed by atoms with Gasteiger partial charge in [-0.1, -0.05) is 6.07 Å². The van der Waals surface area contributed by atoms with Gasteiger partial charge in [0, 0.05) is 25.0 Å². The summed E-state index contributed by atoms with van der Waals surface area (Å²) in [5.74, 6) is 0.361. The maximum absolute atomic E-state index is 11.9. The fourth-order valence-corrected chi connectivity index (χ4v) is 1.52. The Balaban J connectivity index is 2.78. The number of hydrogen-bond donors (Lipinski definition) is 1. The minimum absolute atomic E-state index is 0.162. The van der Waals surface area contributed by atoms with Crippen LogP contribution in [0.15, 0.2) is 23.0 Å². The van der Waals surface area contributed by atoms with Gasteiger partial charge in [-0.3, -0.25) is 9.59 Å². The van der Waals surface area contributed by atoms with E-state index in [9.17, 15) is 9.59 Å². The second-order valence-electron chi connectivity index (χ2n) is 3.36. The minimum atomic E-state index is -0.265. The van der Waals surface area contributed by atoms with Crippen LogP contribution in [0.3, 0.4) is 0 Å². The standard InChI is InChI=1S/C11H15ClN2O2/c1-2-14(8-4-7-12)11(16)9-5-3-6-10(15)13-9/h3,5-6H,2,4,7-8H2,1H3,(H,13,15). The molecular weight excluding hydrogens is 228 g/mol. The molecule has 1 heterocycles. The third kappa shape index (κ3) is 3.38. The van der Waals surface area contributed by atoms with E-state index >= 15 is 0 Å². The molecular formula is C11H15ClN2O2. The first kappa shape index (κ1) is 12.8. The Hall–Kier alpha value is -1.29. The molecule has 0 saturated carbocycles. The van der Waals surface area contributed by atoms with Crippen LogP contribution in [-0.2, 0) is 0 Å². The van der Waals surface area contributed by atoms with Crippen molar-refractivity contribution in [2.24, 2.45) is 0 Å². The predicted octanol–water partition coefficient (Wildman–Crippen LogP) is 1.47. The zero-order chi connectivity index (χ0) is 12.0. The van der Waals surface area contributed by atoms with Gasteiger partial charge in [0.1, 0.15) is 5.69 Å². The largest absolute Gasteiger partial charge is 0.338 e. The summed E-state index contributed by atoms with van der Waals surface area (Å²) in [6, 6.07) is 4.56. The van der Waals surface area contributed by atoms with Crippen molar-refractivity contribution in [1.29, 1.82) is 0 Å². The summed E-state index contributed by atoms with van der Waals surface area (Å²) >= 11 is 5.58. The lowest BCUT2D eigenvalue weighted by molar-refractivity contribution is 0.0758. The number of H-pyrrole nitrogens is 1. The van der Waals surface area contributed by atoms with Crippen LogP contribution in [0.2, 0.25) is 0 Å². The monoisotopic (exact) mass is 242 g/mol. The average molecular weight is 243 g/mol. The van der Waals surface area contributed by atoms with Gasteiger partial charge < -0.3 is 9.88 Å². The van der Waals surface area contributed by atoms with E-state index in [-0.39, 0.29) is 11.5 Å². The van der Waals surface area contributed by atoms with E-state index in [4.69, 9.17) is 11.6 Å². The van der Waals surface area contributed by atoms with Gasteiger partial charge >= 0.3 is 0 Å². The molecule has 0 aliphatic carbocycles. The molecule has 0 aliphatic heterocycles. The third-order valence-corrected chi connectivity index (χ3v) is 2.50. The Morgan fingerprint density at radius 2 is 2.25 bits per heavy atom. The van der Waals surface area contributed by atoms with Crippen molar-refractivity contribution in [3.8, 4) is 0 Å². The van der Waals surface area contributed by atoms with Crippen LogP contribution in [0, 0.1) is 0 Å². The lowest BCUT2D eigenvalue weighted by Crippen LogP contribution is -2.33. The Morgan fingerprint density at radius 1 is 1.50 bits per heavy atom. The molecule has 0 spiro atoms. The number of pyridine rings is 1. The molecule has 5 heteroatoms. The summed E-state index contributed by atoms with van der Waals surface area (Å²) in [6.45, 7) is 3.11. The molecule has 0 aromatic carbocycles. The minimum Gasteiger partial charge on any atom is -0.338 e. The van der Waals surface area contributed by atoms with Crippen molar-refractivity contribution in [2.45, 2.75) is 13.3 Å². The Bertz CT molecular complexity index is 403. The molecule has 0 fully saturated rings. The van der Waals surface area contributed by atoms with Gasteiger partial charge in [0.05, 0.1) is 0 Å². The lowest BCUT2D eigenvalue weighted by atomic mass is 10.3. The molecule has 0 radical (unpaired) electrons. The van der Waals surface area contributed by atoms with Crippen LogP contribution in [0.25, 0.3) is 0 Å². The van der Waals surface area contributed by atoms with Crippen LogP contribution in [0.1, 0.15) is 23.8 Å². The van der Waals surface area contributed by atoms with E-state index < -0.39 is 0 Å². The first-order valence-electron chi connectivity index (χ1n) is 5.23. The first-order valence-corrected chi connectivity index (χ1v) is 5.77. The molecule has 1 aromatic heterocycles. The molecule has 1 N–H and O–H groups in total. The highest BCUT2D eigenvalue weighted by Gasteiger charge is 2.13. The van der Waals surface area contributed by atoms with Crippen molar-refractivity contribution in [2.75, 3.05) is 19.0 Å². The molecule has 1 amide bonds. The highest BCUT2D eigenvalue weighted by Crippen LogP contribution is 2.01. The number of aromatic nitrogens is 1. The molecule has 0 unspecified atom stereocenters. The average Bonchev–Trinajstić information content (AvgIpc) is 2.29. The van der Waals surface area contributed by atoms with Crippen LogP contribution in [0.5, 0.6) is 0 Å². The molecule has 0 bridgehead atoms. The number of rotatable bonds is 5. The number of nitrogens with one attached hydrogen (secondary N) is 1. The first-order chi connectivity index (χ1) is 7.69. The van der Waals surface area contributed by atoms with Crippen LogP contribution in [0.4, 0.5) is 0 Å². The fourth-order valence-electron chi connectivity index (χ4n) is 1.40. The summed E-state index contributed by atoms with van der Waals surface area (Å²) in [4.78, 5) is 27.2. The number of carbonyl (C=O) groups excluding carboxylic acids is 1. The van der Waals surface area contributed by atoms with E-state index in [1.54, 1.807) is 17.0 Å². The number of amides is 1. The molecule has 88 valence electrons. The molecule has 1 aromatic rings. The van der Waals surface area contributed by atoms with Crippen LogP contribution in [-0.4, -0.2) is 34.8 Å². The summed E-state index contributed by atoms with van der Waals surface area (Å²) in [5.41, 5.74) is 0.0585. The van der Waals surface area contributed by atoms with Gasteiger partial charge in [-0.25, -0.2) is 0 Å². The van der Waals surface area contributed by atoms with E-state index in [2.05, 4.69) is 4.98 Å².